The predicted molar refractivity (Wildman–Crippen MR) is 75.6 cm³/mol. The van der Waals surface area contributed by atoms with Crippen LogP contribution in [0.2, 0.25) is 0 Å². The average molecular weight is 281 g/mol. The van der Waals surface area contributed by atoms with Crippen molar-refractivity contribution < 1.29 is 8.42 Å². The third kappa shape index (κ3) is 2.08. The fourth-order valence-electron chi connectivity index (χ4n) is 3.31. The van der Waals surface area contributed by atoms with Crippen molar-refractivity contribution in [2.24, 2.45) is 5.92 Å². The van der Waals surface area contributed by atoms with Crippen LogP contribution in [-0.2, 0) is 10.0 Å². The number of nitrogen functional groups attached to an aromatic ring is 1. The molecule has 2 atom stereocenters. The summed E-state index contributed by atoms with van der Waals surface area (Å²) >= 11 is 0. The fourth-order valence-corrected chi connectivity index (χ4v) is 4.28. The molecule has 2 bridgehead atoms. The van der Waals surface area contributed by atoms with E-state index in [1.54, 1.807) is 12.1 Å². The highest BCUT2D eigenvalue weighted by molar-refractivity contribution is 7.89. The molecule has 0 aromatic heterocycles. The van der Waals surface area contributed by atoms with Gasteiger partial charge < -0.3 is 10.6 Å². The Morgan fingerprint density at radius 1 is 1.37 bits per heavy atom. The number of piperidine rings is 1. The Hall–Kier alpha value is -1.27. The number of nitrogens with two attached hydrogens (primary N) is 1. The summed E-state index contributed by atoms with van der Waals surface area (Å²) in [6, 6.07) is 5.64. The minimum atomic E-state index is -3.48. The SMILES string of the molecule is CNS(=O)(=O)c1cc(N)ccc1N1CC2CCC1C2. The maximum atomic E-state index is 12.1. The molecule has 1 aliphatic heterocycles. The lowest BCUT2D eigenvalue weighted by Gasteiger charge is -2.30. The number of anilines is 2. The van der Waals surface area contributed by atoms with Crippen LogP contribution in [0.25, 0.3) is 0 Å². The van der Waals surface area contributed by atoms with Gasteiger partial charge in [-0.15, -0.1) is 0 Å². The Kier molecular flexibility index (Phi) is 2.94. The van der Waals surface area contributed by atoms with Gasteiger partial charge in [-0.3, -0.25) is 0 Å². The smallest absolute Gasteiger partial charge is 0.242 e. The monoisotopic (exact) mass is 281 g/mol. The second-order valence-corrected chi connectivity index (χ2v) is 7.27. The lowest BCUT2D eigenvalue weighted by atomic mass is 10.1. The highest BCUT2D eigenvalue weighted by Gasteiger charge is 2.39. The summed E-state index contributed by atoms with van der Waals surface area (Å²) in [6.07, 6.45) is 3.61. The zero-order valence-corrected chi connectivity index (χ0v) is 11.8. The summed E-state index contributed by atoms with van der Waals surface area (Å²) in [5, 5.41) is 0. The van der Waals surface area contributed by atoms with Crippen molar-refractivity contribution >= 4 is 21.4 Å². The van der Waals surface area contributed by atoms with Crippen LogP contribution in [0.4, 0.5) is 11.4 Å². The first-order chi connectivity index (χ1) is 9.01. The Balaban J connectivity index is 2.06. The minimum absolute atomic E-state index is 0.294. The van der Waals surface area contributed by atoms with E-state index in [9.17, 15) is 8.42 Å². The van der Waals surface area contributed by atoms with Crippen molar-refractivity contribution in [2.45, 2.75) is 30.2 Å². The molecule has 3 N–H and O–H groups in total. The highest BCUT2D eigenvalue weighted by Crippen LogP contribution is 2.42. The molecule has 1 aliphatic carbocycles. The number of hydrogen-bond donors (Lipinski definition) is 2. The zero-order chi connectivity index (χ0) is 13.6. The maximum absolute atomic E-state index is 12.1. The first-order valence-electron chi connectivity index (χ1n) is 6.61. The molecule has 2 unspecified atom stereocenters. The molecule has 1 heterocycles. The van der Waals surface area contributed by atoms with Crippen LogP contribution in [0.3, 0.4) is 0 Å². The van der Waals surface area contributed by atoms with E-state index < -0.39 is 10.0 Å². The third-order valence-electron chi connectivity index (χ3n) is 4.26. The molecule has 19 heavy (non-hydrogen) atoms. The normalized spacial score (nSPS) is 26.1. The van der Waals surface area contributed by atoms with Crippen molar-refractivity contribution in [3.63, 3.8) is 0 Å². The van der Waals surface area contributed by atoms with Gasteiger partial charge in [0.1, 0.15) is 4.90 Å². The van der Waals surface area contributed by atoms with E-state index in [1.165, 1.54) is 19.9 Å². The predicted octanol–water partition coefficient (Wildman–Crippen LogP) is 1.17. The Bertz CT molecular complexity index is 600. The molecule has 2 aliphatic rings. The van der Waals surface area contributed by atoms with Crippen LogP contribution in [0.15, 0.2) is 23.1 Å². The van der Waals surface area contributed by atoms with Crippen LogP contribution in [-0.4, -0.2) is 28.1 Å². The van der Waals surface area contributed by atoms with Crippen LogP contribution in [0, 0.1) is 5.92 Å². The molecule has 1 saturated heterocycles. The first kappa shape index (κ1) is 12.7. The van der Waals surface area contributed by atoms with E-state index in [-0.39, 0.29) is 0 Å². The van der Waals surface area contributed by atoms with E-state index in [2.05, 4.69) is 9.62 Å². The number of rotatable bonds is 3. The van der Waals surface area contributed by atoms with Gasteiger partial charge in [0.15, 0.2) is 0 Å². The molecule has 104 valence electrons. The van der Waals surface area contributed by atoms with E-state index in [0.717, 1.165) is 18.7 Å². The Labute approximate surface area is 113 Å². The van der Waals surface area contributed by atoms with Crippen molar-refractivity contribution in [2.75, 3.05) is 24.2 Å². The first-order valence-corrected chi connectivity index (χ1v) is 8.09. The van der Waals surface area contributed by atoms with E-state index in [0.29, 0.717) is 22.5 Å². The Morgan fingerprint density at radius 3 is 2.74 bits per heavy atom. The summed E-state index contributed by atoms with van der Waals surface area (Å²) in [5.41, 5.74) is 7.00. The van der Waals surface area contributed by atoms with Crippen molar-refractivity contribution in [1.82, 2.24) is 4.72 Å². The summed E-state index contributed by atoms with van der Waals surface area (Å²) in [5.74, 6) is 0.715. The van der Waals surface area contributed by atoms with Crippen LogP contribution >= 0.6 is 0 Å². The molecule has 0 spiro atoms. The highest BCUT2D eigenvalue weighted by atomic mass is 32.2. The third-order valence-corrected chi connectivity index (χ3v) is 5.70. The molecule has 0 radical (unpaired) electrons. The van der Waals surface area contributed by atoms with Crippen LogP contribution in [0.1, 0.15) is 19.3 Å². The molecule has 5 nitrogen and oxygen atoms in total. The second kappa shape index (κ2) is 4.38. The molecule has 6 heteroatoms. The second-order valence-electron chi connectivity index (χ2n) is 5.42. The van der Waals surface area contributed by atoms with Gasteiger partial charge in [0.2, 0.25) is 10.0 Å². The minimum Gasteiger partial charge on any atom is -0.399 e. The lowest BCUT2D eigenvalue weighted by molar-refractivity contribution is 0.549. The number of hydrogen-bond acceptors (Lipinski definition) is 4. The van der Waals surface area contributed by atoms with Gasteiger partial charge in [-0.05, 0) is 50.4 Å². The van der Waals surface area contributed by atoms with Gasteiger partial charge in [0, 0.05) is 18.3 Å². The van der Waals surface area contributed by atoms with E-state index in [4.69, 9.17) is 5.73 Å². The fraction of sp³-hybridized carbons (Fsp3) is 0.538. The largest absolute Gasteiger partial charge is 0.399 e. The number of sulfonamides is 1. The van der Waals surface area contributed by atoms with Gasteiger partial charge in [0.05, 0.1) is 5.69 Å². The molecular weight excluding hydrogens is 262 g/mol. The zero-order valence-electron chi connectivity index (χ0n) is 11.0. The van der Waals surface area contributed by atoms with Crippen molar-refractivity contribution in [3.8, 4) is 0 Å². The van der Waals surface area contributed by atoms with Gasteiger partial charge in [-0.25, -0.2) is 13.1 Å². The average Bonchev–Trinajstić information content (AvgIpc) is 3.01. The van der Waals surface area contributed by atoms with Gasteiger partial charge in [-0.1, -0.05) is 0 Å². The van der Waals surface area contributed by atoms with Crippen LogP contribution < -0.4 is 15.4 Å². The maximum Gasteiger partial charge on any atom is 0.242 e. The van der Waals surface area contributed by atoms with Gasteiger partial charge >= 0.3 is 0 Å². The van der Waals surface area contributed by atoms with E-state index in [1.807, 2.05) is 6.07 Å². The molecular formula is C13H19N3O2S. The Morgan fingerprint density at radius 2 is 2.16 bits per heavy atom. The van der Waals surface area contributed by atoms with Gasteiger partial charge in [-0.2, -0.15) is 0 Å². The summed E-state index contributed by atoms with van der Waals surface area (Å²) < 4.78 is 26.7. The van der Waals surface area contributed by atoms with Crippen molar-refractivity contribution in [3.05, 3.63) is 18.2 Å². The van der Waals surface area contributed by atoms with E-state index >= 15 is 0 Å². The lowest BCUT2D eigenvalue weighted by Crippen LogP contribution is -2.34. The summed E-state index contributed by atoms with van der Waals surface area (Å²) in [7, 11) is -2.05. The topological polar surface area (TPSA) is 75.4 Å². The van der Waals surface area contributed by atoms with Gasteiger partial charge in [0.25, 0.3) is 0 Å². The molecule has 1 saturated carbocycles. The van der Waals surface area contributed by atoms with Crippen molar-refractivity contribution in [1.29, 1.82) is 0 Å². The number of nitrogens with one attached hydrogen (secondary N) is 1. The number of nitrogens with zero attached hydrogens (tertiary/aromatic N) is 1. The number of benzene rings is 1. The van der Waals surface area contributed by atoms with Crippen LogP contribution in [0.5, 0.6) is 0 Å². The molecule has 0 amide bonds. The molecule has 1 aromatic rings. The molecule has 2 fully saturated rings. The standard InChI is InChI=1S/C13H19N3O2S/c1-15-19(17,18)13-7-10(14)3-5-12(13)16-8-9-2-4-11(16)6-9/h3,5,7,9,11,15H,2,4,6,8,14H2,1H3. The summed E-state index contributed by atoms with van der Waals surface area (Å²) in [4.78, 5) is 2.53. The quantitative estimate of drug-likeness (QED) is 0.815. The molecule has 1 aromatic carbocycles. The summed E-state index contributed by atoms with van der Waals surface area (Å²) in [6.45, 7) is 0.959. The molecule has 3 rings (SSSR count). The number of fused-ring (bicyclic) bond motifs is 2.